The Morgan fingerprint density at radius 1 is 0.952 bits per heavy atom. The lowest BCUT2D eigenvalue weighted by molar-refractivity contribution is 0.313. The molecule has 2 rings (SSSR count). The van der Waals surface area contributed by atoms with Gasteiger partial charge in [0.15, 0.2) is 0 Å². The van der Waals surface area contributed by atoms with Crippen molar-refractivity contribution in [2.24, 2.45) is 0 Å². The van der Waals surface area contributed by atoms with Gasteiger partial charge in [0.05, 0.1) is 7.11 Å². The molecule has 0 fully saturated rings. The molecule has 0 aromatic heterocycles. The van der Waals surface area contributed by atoms with Crippen molar-refractivity contribution in [3.8, 4) is 11.5 Å². The smallest absolute Gasteiger partial charge is 0.123 e. The summed E-state index contributed by atoms with van der Waals surface area (Å²) >= 11 is 0. The van der Waals surface area contributed by atoms with Crippen molar-refractivity contribution < 1.29 is 9.47 Å². The Kier molecular flexibility index (Phi) is 5.64. The van der Waals surface area contributed by atoms with Gasteiger partial charge in [-0.3, -0.25) is 0 Å². The van der Waals surface area contributed by atoms with Crippen LogP contribution in [-0.4, -0.2) is 20.3 Å². The van der Waals surface area contributed by atoms with Gasteiger partial charge in [0.1, 0.15) is 18.1 Å². The summed E-state index contributed by atoms with van der Waals surface area (Å²) in [5, 5.41) is 3.38. The van der Waals surface area contributed by atoms with E-state index in [4.69, 9.17) is 9.47 Å². The van der Waals surface area contributed by atoms with Crippen molar-refractivity contribution in [3.05, 3.63) is 59.2 Å². The molecule has 0 unspecified atom stereocenters. The van der Waals surface area contributed by atoms with Crippen LogP contribution in [0.2, 0.25) is 0 Å². The van der Waals surface area contributed by atoms with Gasteiger partial charge in [0, 0.05) is 18.7 Å². The SMILES string of the molecule is COc1ccc(C)cc1CNCCOc1ccc(C)cc1. The lowest BCUT2D eigenvalue weighted by Crippen LogP contribution is -2.21. The maximum Gasteiger partial charge on any atom is 0.123 e. The van der Waals surface area contributed by atoms with Crippen LogP contribution in [0.25, 0.3) is 0 Å². The standard InChI is InChI=1S/C18H23NO2/c1-14-4-7-17(8-5-14)21-11-10-19-13-16-12-15(2)6-9-18(16)20-3/h4-9,12,19H,10-11,13H2,1-3H3. The Labute approximate surface area is 126 Å². The molecule has 0 bridgehead atoms. The second-order valence-corrected chi connectivity index (χ2v) is 5.15. The molecule has 3 heteroatoms. The average molecular weight is 285 g/mol. The van der Waals surface area contributed by atoms with Crippen molar-refractivity contribution in [1.82, 2.24) is 5.32 Å². The minimum absolute atomic E-state index is 0.650. The molecule has 0 saturated heterocycles. The molecule has 21 heavy (non-hydrogen) atoms. The largest absolute Gasteiger partial charge is 0.496 e. The quantitative estimate of drug-likeness (QED) is 0.790. The van der Waals surface area contributed by atoms with Gasteiger partial charge in [-0.05, 0) is 32.0 Å². The molecule has 0 amide bonds. The monoisotopic (exact) mass is 285 g/mol. The average Bonchev–Trinajstić information content (AvgIpc) is 2.49. The molecule has 0 aliphatic carbocycles. The number of nitrogens with one attached hydrogen (secondary N) is 1. The number of methoxy groups -OCH3 is 1. The zero-order chi connectivity index (χ0) is 15.1. The van der Waals surface area contributed by atoms with E-state index in [0.717, 1.165) is 24.6 Å². The normalized spacial score (nSPS) is 10.4. The molecule has 0 aliphatic heterocycles. The Balaban J connectivity index is 1.74. The summed E-state index contributed by atoms with van der Waals surface area (Å²) in [6.45, 7) is 6.38. The minimum atomic E-state index is 0.650. The number of benzene rings is 2. The Hall–Kier alpha value is -2.00. The first-order valence-electron chi connectivity index (χ1n) is 7.23. The molecule has 0 radical (unpaired) electrons. The van der Waals surface area contributed by atoms with E-state index in [0.29, 0.717) is 6.61 Å². The van der Waals surface area contributed by atoms with E-state index >= 15 is 0 Å². The van der Waals surface area contributed by atoms with Crippen LogP contribution in [-0.2, 0) is 6.54 Å². The van der Waals surface area contributed by atoms with Crippen molar-refractivity contribution in [2.75, 3.05) is 20.3 Å². The first-order chi connectivity index (χ1) is 10.2. The number of aryl methyl sites for hydroxylation is 2. The number of ether oxygens (including phenoxy) is 2. The van der Waals surface area contributed by atoms with E-state index in [9.17, 15) is 0 Å². The molecule has 1 N–H and O–H groups in total. The van der Waals surface area contributed by atoms with Gasteiger partial charge in [-0.25, -0.2) is 0 Å². The van der Waals surface area contributed by atoms with Gasteiger partial charge in [-0.1, -0.05) is 35.4 Å². The van der Waals surface area contributed by atoms with Crippen LogP contribution in [0.3, 0.4) is 0 Å². The molecule has 0 atom stereocenters. The zero-order valence-electron chi connectivity index (χ0n) is 13.0. The fourth-order valence-electron chi connectivity index (χ4n) is 2.14. The van der Waals surface area contributed by atoms with E-state index in [-0.39, 0.29) is 0 Å². The second kappa shape index (κ2) is 7.70. The highest BCUT2D eigenvalue weighted by Crippen LogP contribution is 2.19. The lowest BCUT2D eigenvalue weighted by atomic mass is 10.1. The van der Waals surface area contributed by atoms with Crippen LogP contribution in [0.4, 0.5) is 0 Å². The highest BCUT2D eigenvalue weighted by molar-refractivity contribution is 5.36. The molecule has 112 valence electrons. The molecular formula is C18H23NO2. The van der Waals surface area contributed by atoms with Crippen LogP contribution in [0.5, 0.6) is 11.5 Å². The lowest BCUT2D eigenvalue weighted by Gasteiger charge is -2.11. The third-order valence-corrected chi connectivity index (χ3v) is 3.32. The molecule has 0 spiro atoms. The fraction of sp³-hybridized carbons (Fsp3) is 0.333. The van der Waals surface area contributed by atoms with Crippen LogP contribution >= 0.6 is 0 Å². The molecule has 0 saturated carbocycles. The van der Waals surface area contributed by atoms with Crippen LogP contribution in [0.15, 0.2) is 42.5 Å². The summed E-state index contributed by atoms with van der Waals surface area (Å²) < 4.78 is 11.1. The third-order valence-electron chi connectivity index (χ3n) is 3.32. The highest BCUT2D eigenvalue weighted by atomic mass is 16.5. The van der Waals surface area contributed by atoms with E-state index in [1.807, 2.05) is 18.2 Å². The third kappa shape index (κ3) is 4.80. The summed E-state index contributed by atoms with van der Waals surface area (Å²) in [5.74, 6) is 1.84. The number of hydrogen-bond donors (Lipinski definition) is 1. The summed E-state index contributed by atoms with van der Waals surface area (Å²) in [6, 6.07) is 14.3. The Morgan fingerprint density at radius 3 is 2.38 bits per heavy atom. The summed E-state index contributed by atoms with van der Waals surface area (Å²) in [5.41, 5.74) is 3.66. The first-order valence-corrected chi connectivity index (χ1v) is 7.23. The predicted octanol–water partition coefficient (Wildman–Crippen LogP) is 3.48. The summed E-state index contributed by atoms with van der Waals surface area (Å²) in [6.07, 6.45) is 0. The van der Waals surface area contributed by atoms with Gasteiger partial charge in [0.25, 0.3) is 0 Å². The van der Waals surface area contributed by atoms with Crippen molar-refractivity contribution in [1.29, 1.82) is 0 Å². The van der Waals surface area contributed by atoms with E-state index < -0.39 is 0 Å². The summed E-state index contributed by atoms with van der Waals surface area (Å²) in [4.78, 5) is 0. The van der Waals surface area contributed by atoms with Crippen LogP contribution in [0.1, 0.15) is 16.7 Å². The predicted molar refractivity (Wildman–Crippen MR) is 86.1 cm³/mol. The van der Waals surface area contributed by atoms with E-state index in [1.165, 1.54) is 16.7 Å². The van der Waals surface area contributed by atoms with Crippen molar-refractivity contribution >= 4 is 0 Å². The maximum absolute atomic E-state index is 5.69. The van der Waals surface area contributed by atoms with Gasteiger partial charge < -0.3 is 14.8 Å². The van der Waals surface area contributed by atoms with Crippen LogP contribution in [0, 0.1) is 13.8 Å². The summed E-state index contributed by atoms with van der Waals surface area (Å²) in [7, 11) is 1.70. The van der Waals surface area contributed by atoms with Gasteiger partial charge in [-0.2, -0.15) is 0 Å². The first kappa shape index (κ1) is 15.4. The molecule has 0 aliphatic rings. The fourth-order valence-corrected chi connectivity index (χ4v) is 2.14. The topological polar surface area (TPSA) is 30.5 Å². The van der Waals surface area contributed by atoms with Gasteiger partial charge in [0.2, 0.25) is 0 Å². The Morgan fingerprint density at radius 2 is 1.67 bits per heavy atom. The van der Waals surface area contributed by atoms with Gasteiger partial charge >= 0.3 is 0 Å². The number of rotatable bonds is 7. The van der Waals surface area contributed by atoms with Gasteiger partial charge in [-0.15, -0.1) is 0 Å². The van der Waals surface area contributed by atoms with Crippen molar-refractivity contribution in [3.63, 3.8) is 0 Å². The molecule has 0 heterocycles. The Bertz CT molecular complexity index is 564. The minimum Gasteiger partial charge on any atom is -0.496 e. The molecule has 2 aromatic carbocycles. The second-order valence-electron chi connectivity index (χ2n) is 5.15. The molecule has 2 aromatic rings. The van der Waals surface area contributed by atoms with E-state index in [1.54, 1.807) is 7.11 Å². The van der Waals surface area contributed by atoms with Crippen molar-refractivity contribution in [2.45, 2.75) is 20.4 Å². The zero-order valence-corrected chi connectivity index (χ0v) is 13.0. The van der Waals surface area contributed by atoms with Crippen LogP contribution < -0.4 is 14.8 Å². The maximum atomic E-state index is 5.69. The highest BCUT2D eigenvalue weighted by Gasteiger charge is 2.02. The molecular weight excluding hydrogens is 262 g/mol. The molecule has 3 nitrogen and oxygen atoms in total. The number of hydrogen-bond acceptors (Lipinski definition) is 3. The van der Waals surface area contributed by atoms with E-state index in [2.05, 4.69) is 43.4 Å².